The molecule has 0 saturated carbocycles. The smallest absolute Gasteiger partial charge is 0.387 e. The summed E-state index contributed by atoms with van der Waals surface area (Å²) < 4.78 is 28.7. The van der Waals surface area contributed by atoms with Gasteiger partial charge in [0.2, 0.25) is 5.91 Å². The van der Waals surface area contributed by atoms with Gasteiger partial charge in [-0.15, -0.1) is 11.8 Å². The van der Waals surface area contributed by atoms with Crippen LogP contribution >= 0.6 is 11.8 Å². The van der Waals surface area contributed by atoms with Gasteiger partial charge in [-0.3, -0.25) is 9.69 Å². The molecule has 2 aromatic carbocycles. The number of para-hydroxylation sites is 1. The summed E-state index contributed by atoms with van der Waals surface area (Å²) in [4.78, 5) is 13.9. The number of benzene rings is 2. The molecule has 1 fully saturated rings. The van der Waals surface area contributed by atoms with E-state index in [1.807, 2.05) is 30.3 Å². The Hall–Kier alpha value is -2.08. The van der Waals surface area contributed by atoms with E-state index in [0.717, 1.165) is 11.3 Å². The van der Waals surface area contributed by atoms with Crippen LogP contribution in [0.5, 0.6) is 5.75 Å². The summed E-state index contributed by atoms with van der Waals surface area (Å²) in [5, 5.41) is -0.157. The Labute approximate surface area is 130 Å². The summed E-state index contributed by atoms with van der Waals surface area (Å²) in [6, 6.07) is 15.8. The van der Waals surface area contributed by atoms with Crippen LogP contribution < -0.4 is 9.64 Å². The minimum absolute atomic E-state index is 0.0362. The first-order chi connectivity index (χ1) is 10.6. The zero-order chi connectivity index (χ0) is 15.5. The van der Waals surface area contributed by atoms with Crippen molar-refractivity contribution in [3.63, 3.8) is 0 Å². The van der Waals surface area contributed by atoms with Crippen molar-refractivity contribution in [3.8, 4) is 5.75 Å². The fraction of sp³-hybridized carbons (Fsp3) is 0.188. The molecule has 1 atom stereocenters. The molecule has 0 N–H and O–H groups in total. The fourth-order valence-electron chi connectivity index (χ4n) is 2.35. The number of carbonyl (C=O) groups is 1. The van der Waals surface area contributed by atoms with Crippen molar-refractivity contribution in [3.05, 3.63) is 60.2 Å². The van der Waals surface area contributed by atoms with E-state index < -0.39 is 6.61 Å². The van der Waals surface area contributed by atoms with E-state index in [9.17, 15) is 13.6 Å². The number of amides is 1. The average Bonchev–Trinajstić information content (AvgIpc) is 2.90. The lowest BCUT2D eigenvalue weighted by Gasteiger charge is -2.24. The zero-order valence-corrected chi connectivity index (χ0v) is 12.3. The minimum atomic E-state index is -2.84. The van der Waals surface area contributed by atoms with Gasteiger partial charge in [-0.05, 0) is 29.8 Å². The molecule has 0 unspecified atom stereocenters. The number of hydrogen-bond donors (Lipinski definition) is 0. The zero-order valence-electron chi connectivity index (χ0n) is 11.5. The van der Waals surface area contributed by atoms with Gasteiger partial charge in [-0.25, -0.2) is 0 Å². The highest BCUT2D eigenvalue weighted by atomic mass is 32.2. The lowest BCUT2D eigenvalue weighted by atomic mass is 10.2. The molecule has 1 amide bonds. The molecule has 0 aromatic heterocycles. The Morgan fingerprint density at radius 1 is 1.09 bits per heavy atom. The number of ether oxygens (including phenoxy) is 1. The van der Waals surface area contributed by atoms with Gasteiger partial charge in [0.15, 0.2) is 0 Å². The van der Waals surface area contributed by atoms with Crippen molar-refractivity contribution < 1.29 is 18.3 Å². The number of alkyl halides is 2. The molecule has 0 radical (unpaired) electrons. The second-order valence-electron chi connectivity index (χ2n) is 4.71. The van der Waals surface area contributed by atoms with Crippen molar-refractivity contribution in [2.24, 2.45) is 0 Å². The first kappa shape index (κ1) is 14.8. The Morgan fingerprint density at radius 2 is 1.77 bits per heavy atom. The van der Waals surface area contributed by atoms with Crippen LogP contribution in [0.1, 0.15) is 10.9 Å². The summed E-state index contributed by atoms with van der Waals surface area (Å²) in [7, 11) is 0. The van der Waals surface area contributed by atoms with Crippen molar-refractivity contribution in [1.82, 2.24) is 0 Å². The molecule has 1 heterocycles. The maximum atomic E-state index is 12.2. The van der Waals surface area contributed by atoms with Gasteiger partial charge in [-0.1, -0.05) is 30.3 Å². The monoisotopic (exact) mass is 321 g/mol. The highest BCUT2D eigenvalue weighted by Crippen LogP contribution is 2.41. The van der Waals surface area contributed by atoms with Crippen LogP contribution in [0.25, 0.3) is 0 Å². The Kier molecular flexibility index (Phi) is 4.29. The number of nitrogens with zero attached hydrogens (tertiary/aromatic N) is 1. The maximum Gasteiger partial charge on any atom is 0.387 e. The van der Waals surface area contributed by atoms with Gasteiger partial charge < -0.3 is 4.74 Å². The van der Waals surface area contributed by atoms with Crippen molar-refractivity contribution in [1.29, 1.82) is 0 Å². The highest BCUT2D eigenvalue weighted by molar-refractivity contribution is 8.00. The Balaban J connectivity index is 1.85. The molecule has 0 bridgehead atoms. The van der Waals surface area contributed by atoms with Gasteiger partial charge >= 0.3 is 6.61 Å². The Bertz CT molecular complexity index is 649. The average molecular weight is 321 g/mol. The summed E-state index contributed by atoms with van der Waals surface area (Å²) in [6.45, 7) is -2.84. The van der Waals surface area contributed by atoms with Crippen LogP contribution in [-0.2, 0) is 4.79 Å². The first-order valence-electron chi connectivity index (χ1n) is 6.68. The van der Waals surface area contributed by atoms with Crippen LogP contribution in [0.3, 0.4) is 0 Å². The van der Waals surface area contributed by atoms with Gasteiger partial charge in [0, 0.05) is 5.69 Å². The standard InChI is InChI=1S/C16H13F2NO2S/c17-16(18)21-13-8-6-11(7-9-13)15-19(14(20)10-22-15)12-4-2-1-3-5-12/h1-9,15-16H,10H2/t15-/m0/s1. The molecule has 3 rings (SSSR count). The first-order valence-corrected chi connectivity index (χ1v) is 7.73. The number of rotatable bonds is 4. The predicted molar refractivity (Wildman–Crippen MR) is 82.2 cm³/mol. The molecular weight excluding hydrogens is 308 g/mol. The maximum absolute atomic E-state index is 12.2. The topological polar surface area (TPSA) is 29.5 Å². The van der Waals surface area contributed by atoms with Crippen molar-refractivity contribution in [2.45, 2.75) is 12.0 Å². The molecule has 6 heteroatoms. The van der Waals surface area contributed by atoms with Gasteiger partial charge in [0.25, 0.3) is 0 Å². The van der Waals surface area contributed by atoms with Crippen LogP contribution in [0, 0.1) is 0 Å². The molecule has 0 spiro atoms. The number of carbonyl (C=O) groups excluding carboxylic acids is 1. The lowest BCUT2D eigenvalue weighted by Crippen LogP contribution is -2.27. The number of halogens is 2. The van der Waals surface area contributed by atoms with E-state index in [1.54, 1.807) is 17.0 Å². The lowest BCUT2D eigenvalue weighted by molar-refractivity contribution is -0.115. The van der Waals surface area contributed by atoms with Crippen LogP contribution in [0.2, 0.25) is 0 Å². The van der Waals surface area contributed by atoms with E-state index >= 15 is 0 Å². The van der Waals surface area contributed by atoms with E-state index in [2.05, 4.69) is 4.74 Å². The molecule has 1 saturated heterocycles. The van der Waals surface area contributed by atoms with Gasteiger partial charge in [-0.2, -0.15) is 8.78 Å². The highest BCUT2D eigenvalue weighted by Gasteiger charge is 2.33. The van der Waals surface area contributed by atoms with Crippen molar-refractivity contribution >= 4 is 23.4 Å². The molecule has 1 aliphatic rings. The predicted octanol–water partition coefficient (Wildman–Crippen LogP) is 4.07. The van der Waals surface area contributed by atoms with Crippen molar-refractivity contribution in [2.75, 3.05) is 10.7 Å². The SMILES string of the molecule is O=C1CS[C@@H](c2ccc(OC(F)F)cc2)N1c1ccccc1. The summed E-state index contributed by atoms with van der Waals surface area (Å²) in [5.41, 5.74) is 1.71. The number of hydrogen-bond acceptors (Lipinski definition) is 3. The van der Waals surface area contributed by atoms with Crippen LogP contribution in [0.15, 0.2) is 54.6 Å². The van der Waals surface area contributed by atoms with E-state index in [0.29, 0.717) is 5.75 Å². The molecular formula is C16H13F2NO2S. The minimum Gasteiger partial charge on any atom is -0.435 e. The summed E-state index contributed by atoms with van der Waals surface area (Å²) in [6.07, 6.45) is 0. The quantitative estimate of drug-likeness (QED) is 0.850. The number of anilines is 1. The second kappa shape index (κ2) is 6.36. The Morgan fingerprint density at radius 3 is 2.41 bits per heavy atom. The number of thioether (sulfide) groups is 1. The fourth-order valence-corrected chi connectivity index (χ4v) is 3.53. The third-order valence-electron chi connectivity index (χ3n) is 3.29. The second-order valence-corrected chi connectivity index (χ2v) is 5.78. The van der Waals surface area contributed by atoms with E-state index in [4.69, 9.17) is 0 Å². The normalized spacial score (nSPS) is 18.0. The molecule has 2 aromatic rings. The third-order valence-corrected chi connectivity index (χ3v) is 4.51. The van der Waals surface area contributed by atoms with Gasteiger partial charge in [0.1, 0.15) is 11.1 Å². The van der Waals surface area contributed by atoms with Crippen LogP contribution in [0.4, 0.5) is 14.5 Å². The molecule has 3 nitrogen and oxygen atoms in total. The molecule has 1 aliphatic heterocycles. The summed E-state index contributed by atoms with van der Waals surface area (Å²) in [5.74, 6) is 0.544. The molecule has 22 heavy (non-hydrogen) atoms. The van der Waals surface area contributed by atoms with E-state index in [1.165, 1.54) is 23.9 Å². The van der Waals surface area contributed by atoms with Crippen LogP contribution in [-0.4, -0.2) is 18.3 Å². The third kappa shape index (κ3) is 3.06. The largest absolute Gasteiger partial charge is 0.435 e. The molecule has 114 valence electrons. The van der Waals surface area contributed by atoms with E-state index in [-0.39, 0.29) is 17.0 Å². The van der Waals surface area contributed by atoms with Gasteiger partial charge in [0.05, 0.1) is 5.75 Å². The molecule has 0 aliphatic carbocycles. The summed E-state index contributed by atoms with van der Waals surface area (Å²) >= 11 is 1.51.